The SMILES string of the molecule is CSc1ccc(CN=C=O)c(F)c1F. The second-order valence-corrected chi connectivity index (χ2v) is 3.31. The summed E-state index contributed by atoms with van der Waals surface area (Å²) in [5.41, 5.74) is 0.0589. The Kier molecular flexibility index (Phi) is 3.80. The number of thioether (sulfide) groups is 1. The monoisotopic (exact) mass is 215 g/mol. The zero-order valence-electron chi connectivity index (χ0n) is 7.38. The molecule has 0 radical (unpaired) electrons. The van der Waals surface area contributed by atoms with Gasteiger partial charge in [0.15, 0.2) is 11.6 Å². The van der Waals surface area contributed by atoms with Crippen molar-refractivity contribution in [3.63, 3.8) is 0 Å². The number of isocyanates is 1. The molecule has 0 aliphatic rings. The molecular weight excluding hydrogens is 208 g/mol. The zero-order chi connectivity index (χ0) is 10.6. The summed E-state index contributed by atoms with van der Waals surface area (Å²) in [4.78, 5) is 13.2. The van der Waals surface area contributed by atoms with Crippen LogP contribution in [-0.2, 0) is 11.3 Å². The van der Waals surface area contributed by atoms with Gasteiger partial charge in [-0.25, -0.2) is 18.6 Å². The van der Waals surface area contributed by atoms with Crippen molar-refractivity contribution < 1.29 is 13.6 Å². The minimum absolute atomic E-state index is 0.0589. The third kappa shape index (κ3) is 2.19. The fourth-order valence-electron chi connectivity index (χ4n) is 0.969. The van der Waals surface area contributed by atoms with Crippen LogP contribution in [0.15, 0.2) is 22.0 Å². The van der Waals surface area contributed by atoms with Crippen molar-refractivity contribution in [3.8, 4) is 0 Å². The van der Waals surface area contributed by atoms with E-state index < -0.39 is 11.6 Å². The van der Waals surface area contributed by atoms with Crippen LogP contribution in [-0.4, -0.2) is 12.3 Å². The van der Waals surface area contributed by atoms with Gasteiger partial charge in [0.05, 0.1) is 6.54 Å². The third-order valence-electron chi connectivity index (χ3n) is 1.66. The molecule has 0 saturated carbocycles. The van der Waals surface area contributed by atoms with Gasteiger partial charge in [0, 0.05) is 10.5 Å². The molecule has 0 aromatic heterocycles. The summed E-state index contributed by atoms with van der Waals surface area (Å²) in [5, 5.41) is 0. The van der Waals surface area contributed by atoms with Gasteiger partial charge in [-0.1, -0.05) is 6.07 Å². The van der Waals surface area contributed by atoms with Crippen LogP contribution in [0.25, 0.3) is 0 Å². The molecule has 0 unspecified atom stereocenters. The van der Waals surface area contributed by atoms with Gasteiger partial charge in [-0.3, -0.25) is 0 Å². The second kappa shape index (κ2) is 4.88. The van der Waals surface area contributed by atoms with E-state index in [-0.39, 0.29) is 17.0 Å². The third-order valence-corrected chi connectivity index (χ3v) is 2.42. The number of halogens is 2. The van der Waals surface area contributed by atoms with E-state index in [4.69, 9.17) is 0 Å². The average Bonchev–Trinajstić information content (AvgIpc) is 2.20. The Hall–Kier alpha value is -1.19. The Morgan fingerprint density at radius 1 is 1.43 bits per heavy atom. The van der Waals surface area contributed by atoms with Gasteiger partial charge in [-0.15, -0.1) is 11.8 Å². The molecule has 0 N–H and O–H groups in total. The molecule has 0 aliphatic heterocycles. The topological polar surface area (TPSA) is 29.4 Å². The fourth-order valence-corrected chi connectivity index (χ4v) is 1.44. The minimum atomic E-state index is -0.948. The number of carbonyl (C=O) groups excluding carboxylic acids is 1. The summed E-state index contributed by atoms with van der Waals surface area (Å²) in [5.74, 6) is -1.84. The Morgan fingerprint density at radius 2 is 2.14 bits per heavy atom. The molecule has 1 aromatic rings. The number of hydrogen-bond donors (Lipinski definition) is 0. The standard InChI is InChI=1S/C9H7F2NOS/c1-14-7-3-2-6(4-12-5-13)8(10)9(7)11/h2-3H,4H2,1H3. The van der Waals surface area contributed by atoms with E-state index in [0.29, 0.717) is 0 Å². The molecule has 0 fully saturated rings. The number of aliphatic imine (C=N–C) groups is 1. The maximum atomic E-state index is 13.2. The van der Waals surface area contributed by atoms with E-state index in [1.807, 2.05) is 0 Å². The predicted molar refractivity (Wildman–Crippen MR) is 50.0 cm³/mol. The summed E-state index contributed by atoms with van der Waals surface area (Å²) in [7, 11) is 0. The number of nitrogens with zero attached hydrogens (tertiary/aromatic N) is 1. The number of benzene rings is 1. The first-order valence-electron chi connectivity index (χ1n) is 3.75. The fraction of sp³-hybridized carbons (Fsp3) is 0.222. The first-order chi connectivity index (χ1) is 6.70. The molecule has 74 valence electrons. The molecule has 14 heavy (non-hydrogen) atoms. The van der Waals surface area contributed by atoms with Crippen molar-refractivity contribution in [1.29, 1.82) is 0 Å². The lowest BCUT2D eigenvalue weighted by molar-refractivity contribution is 0.482. The summed E-state index contributed by atoms with van der Waals surface area (Å²) in [6, 6.07) is 2.86. The van der Waals surface area contributed by atoms with Crippen LogP contribution in [0, 0.1) is 11.6 Å². The Labute approximate surface area is 84.0 Å². The van der Waals surface area contributed by atoms with Crippen LogP contribution < -0.4 is 0 Å². The van der Waals surface area contributed by atoms with Crippen LogP contribution in [0.4, 0.5) is 8.78 Å². The molecule has 5 heteroatoms. The minimum Gasteiger partial charge on any atom is -0.211 e. The van der Waals surface area contributed by atoms with Gasteiger partial charge in [-0.05, 0) is 12.3 Å². The predicted octanol–water partition coefficient (Wildman–Crippen LogP) is 2.52. The molecule has 0 amide bonds. The molecule has 1 aromatic carbocycles. The normalized spacial score (nSPS) is 9.64. The van der Waals surface area contributed by atoms with Crippen LogP contribution in [0.3, 0.4) is 0 Å². The first-order valence-corrected chi connectivity index (χ1v) is 4.97. The van der Waals surface area contributed by atoms with Crippen molar-refractivity contribution >= 4 is 17.8 Å². The highest BCUT2D eigenvalue weighted by molar-refractivity contribution is 7.98. The van der Waals surface area contributed by atoms with E-state index in [1.165, 1.54) is 18.2 Å². The van der Waals surface area contributed by atoms with Gasteiger partial charge >= 0.3 is 0 Å². The van der Waals surface area contributed by atoms with Gasteiger partial charge < -0.3 is 0 Å². The van der Waals surface area contributed by atoms with Gasteiger partial charge in [0.1, 0.15) is 0 Å². The molecular formula is C9H7F2NOS. The van der Waals surface area contributed by atoms with Crippen LogP contribution in [0.1, 0.15) is 5.56 Å². The lowest BCUT2D eigenvalue weighted by Gasteiger charge is -2.03. The highest BCUT2D eigenvalue weighted by Crippen LogP contribution is 2.23. The van der Waals surface area contributed by atoms with Crippen molar-refractivity contribution in [3.05, 3.63) is 29.3 Å². The molecule has 0 spiro atoms. The van der Waals surface area contributed by atoms with Crippen molar-refractivity contribution in [1.82, 2.24) is 0 Å². The summed E-state index contributed by atoms with van der Waals surface area (Å²) in [6.45, 7) is -0.180. The maximum Gasteiger partial charge on any atom is 0.235 e. The van der Waals surface area contributed by atoms with E-state index in [2.05, 4.69) is 4.99 Å². The summed E-state index contributed by atoms with van der Waals surface area (Å²) >= 11 is 1.12. The largest absolute Gasteiger partial charge is 0.235 e. The maximum absolute atomic E-state index is 13.2. The van der Waals surface area contributed by atoms with Gasteiger partial charge in [-0.2, -0.15) is 0 Å². The van der Waals surface area contributed by atoms with Crippen molar-refractivity contribution in [2.75, 3.05) is 6.26 Å². The molecule has 0 aliphatic carbocycles. The quantitative estimate of drug-likeness (QED) is 0.440. The first kappa shape index (κ1) is 10.9. The number of rotatable bonds is 3. The molecule has 2 nitrogen and oxygen atoms in total. The zero-order valence-corrected chi connectivity index (χ0v) is 8.20. The Morgan fingerprint density at radius 3 is 2.71 bits per heavy atom. The Balaban J connectivity index is 3.10. The van der Waals surface area contributed by atoms with Crippen molar-refractivity contribution in [2.45, 2.75) is 11.4 Å². The highest BCUT2D eigenvalue weighted by Gasteiger charge is 2.11. The van der Waals surface area contributed by atoms with Crippen molar-refractivity contribution in [2.24, 2.45) is 4.99 Å². The smallest absolute Gasteiger partial charge is 0.211 e. The molecule has 0 heterocycles. The van der Waals surface area contributed by atoms with Crippen LogP contribution in [0.2, 0.25) is 0 Å². The Bertz CT molecular complexity index is 389. The average molecular weight is 215 g/mol. The van der Waals surface area contributed by atoms with Gasteiger partial charge in [0.25, 0.3) is 0 Å². The lowest BCUT2D eigenvalue weighted by atomic mass is 10.2. The summed E-state index contributed by atoms with van der Waals surface area (Å²) in [6.07, 6.45) is 2.93. The van der Waals surface area contributed by atoms with Crippen LogP contribution in [0.5, 0.6) is 0 Å². The molecule has 0 bridgehead atoms. The number of hydrogen-bond acceptors (Lipinski definition) is 3. The van der Waals surface area contributed by atoms with Crippen LogP contribution >= 0.6 is 11.8 Å². The van der Waals surface area contributed by atoms with E-state index in [1.54, 1.807) is 6.26 Å². The van der Waals surface area contributed by atoms with E-state index in [0.717, 1.165) is 11.8 Å². The molecule has 0 saturated heterocycles. The van der Waals surface area contributed by atoms with Gasteiger partial charge in [0.2, 0.25) is 6.08 Å². The lowest BCUT2D eigenvalue weighted by Crippen LogP contribution is -1.94. The summed E-state index contributed by atoms with van der Waals surface area (Å²) < 4.78 is 26.3. The molecule has 0 atom stereocenters. The molecule has 1 rings (SSSR count). The van der Waals surface area contributed by atoms with E-state index in [9.17, 15) is 13.6 Å². The van der Waals surface area contributed by atoms with E-state index >= 15 is 0 Å². The highest BCUT2D eigenvalue weighted by atomic mass is 32.2. The second-order valence-electron chi connectivity index (χ2n) is 2.46.